The molecule has 0 aliphatic rings. The lowest BCUT2D eigenvalue weighted by atomic mass is 10.1. The first kappa shape index (κ1) is 16.1. The summed E-state index contributed by atoms with van der Waals surface area (Å²) < 4.78 is 13.6. The zero-order chi connectivity index (χ0) is 15.7. The van der Waals surface area contributed by atoms with E-state index in [1.807, 2.05) is 0 Å². The van der Waals surface area contributed by atoms with Crippen LogP contribution in [0.4, 0.5) is 15.8 Å². The van der Waals surface area contributed by atoms with Crippen LogP contribution in [0.15, 0.2) is 28.7 Å². The van der Waals surface area contributed by atoms with Gasteiger partial charge >= 0.3 is 0 Å². The Morgan fingerprint density at radius 2 is 2.00 bits per heavy atom. The Hall–Kier alpha value is -1.30. The molecule has 7 heteroatoms. The van der Waals surface area contributed by atoms with Gasteiger partial charge in [-0.25, -0.2) is 4.39 Å². The zero-order valence-electron chi connectivity index (χ0n) is 10.8. The molecule has 0 fully saturated rings. The molecular formula is C14H10BrCl2FN2O. The highest BCUT2D eigenvalue weighted by molar-refractivity contribution is 9.10. The van der Waals surface area contributed by atoms with Crippen molar-refractivity contribution >= 4 is 56.4 Å². The molecule has 2 aromatic rings. The van der Waals surface area contributed by atoms with E-state index in [0.29, 0.717) is 15.7 Å². The first-order valence-corrected chi connectivity index (χ1v) is 7.36. The van der Waals surface area contributed by atoms with Gasteiger partial charge in [0, 0.05) is 4.47 Å². The second kappa shape index (κ2) is 6.22. The van der Waals surface area contributed by atoms with Crippen molar-refractivity contribution in [2.24, 2.45) is 0 Å². The summed E-state index contributed by atoms with van der Waals surface area (Å²) >= 11 is 15.3. The van der Waals surface area contributed by atoms with Crippen LogP contribution in [0.1, 0.15) is 15.9 Å². The number of carbonyl (C=O) groups is 1. The molecule has 0 radical (unpaired) electrons. The number of benzene rings is 2. The van der Waals surface area contributed by atoms with E-state index >= 15 is 0 Å². The zero-order valence-corrected chi connectivity index (χ0v) is 13.9. The molecule has 0 aliphatic carbocycles. The highest BCUT2D eigenvalue weighted by Gasteiger charge is 2.17. The second-order valence-electron chi connectivity index (χ2n) is 4.36. The fraction of sp³-hybridized carbons (Fsp3) is 0.0714. The summed E-state index contributed by atoms with van der Waals surface area (Å²) in [5, 5.41) is 3.27. The number of amides is 1. The third kappa shape index (κ3) is 3.31. The average Bonchev–Trinajstić information content (AvgIpc) is 2.43. The Balaban J connectivity index is 2.40. The van der Waals surface area contributed by atoms with Crippen molar-refractivity contribution in [3.05, 3.63) is 55.7 Å². The third-order valence-electron chi connectivity index (χ3n) is 2.85. The maximum Gasteiger partial charge on any atom is 0.256 e. The van der Waals surface area contributed by atoms with Gasteiger partial charge in [0.15, 0.2) is 0 Å². The Morgan fingerprint density at radius 1 is 1.33 bits per heavy atom. The van der Waals surface area contributed by atoms with E-state index in [1.165, 1.54) is 6.07 Å². The predicted molar refractivity (Wildman–Crippen MR) is 87.7 cm³/mol. The van der Waals surface area contributed by atoms with Crippen molar-refractivity contribution in [2.75, 3.05) is 11.1 Å². The van der Waals surface area contributed by atoms with Crippen LogP contribution in [-0.4, -0.2) is 5.91 Å². The SMILES string of the molecule is Cc1ccc(Cl)c(NC(=O)c2cc(N)c(F)cc2Br)c1Cl. The van der Waals surface area contributed by atoms with Gasteiger partial charge in [-0.15, -0.1) is 0 Å². The average molecular weight is 392 g/mol. The summed E-state index contributed by atoms with van der Waals surface area (Å²) in [5.41, 5.74) is 6.62. The molecule has 2 aromatic carbocycles. The standard InChI is InChI=1S/C14H10BrCl2FN2O/c1-6-2-3-9(16)13(12(6)17)20-14(21)7-4-11(19)10(18)5-8(7)15/h2-5H,19H2,1H3,(H,20,21). The fourth-order valence-corrected chi connectivity index (χ4v) is 2.65. The summed E-state index contributed by atoms with van der Waals surface area (Å²) in [6, 6.07) is 5.74. The topological polar surface area (TPSA) is 55.1 Å². The highest BCUT2D eigenvalue weighted by atomic mass is 79.9. The Morgan fingerprint density at radius 3 is 2.67 bits per heavy atom. The van der Waals surface area contributed by atoms with Gasteiger partial charge in [-0.3, -0.25) is 4.79 Å². The van der Waals surface area contributed by atoms with Crippen LogP contribution < -0.4 is 11.1 Å². The number of nitrogen functional groups attached to an aromatic ring is 1. The molecular weight excluding hydrogens is 382 g/mol. The smallest absolute Gasteiger partial charge is 0.256 e. The first-order chi connectivity index (χ1) is 9.81. The van der Waals surface area contributed by atoms with Crippen molar-refractivity contribution in [2.45, 2.75) is 6.92 Å². The summed E-state index contributed by atoms with van der Waals surface area (Å²) in [6.45, 7) is 1.79. The van der Waals surface area contributed by atoms with Crippen LogP contribution in [-0.2, 0) is 0 Å². The minimum Gasteiger partial charge on any atom is -0.396 e. The number of nitrogens with two attached hydrogens (primary N) is 1. The van der Waals surface area contributed by atoms with Gasteiger partial charge in [0.25, 0.3) is 5.91 Å². The van der Waals surface area contributed by atoms with Crippen LogP contribution >= 0.6 is 39.1 Å². The van der Waals surface area contributed by atoms with Gasteiger partial charge < -0.3 is 11.1 Å². The Labute approximate surface area is 139 Å². The molecule has 0 aromatic heterocycles. The second-order valence-corrected chi connectivity index (χ2v) is 6.00. The number of hydrogen-bond acceptors (Lipinski definition) is 2. The van der Waals surface area contributed by atoms with Crippen molar-refractivity contribution < 1.29 is 9.18 Å². The van der Waals surface area contributed by atoms with Gasteiger partial charge in [-0.05, 0) is 46.6 Å². The van der Waals surface area contributed by atoms with Crippen LogP contribution in [0.5, 0.6) is 0 Å². The maximum absolute atomic E-state index is 13.3. The molecule has 0 atom stereocenters. The normalized spacial score (nSPS) is 10.5. The predicted octanol–water partition coefficient (Wildman–Crippen LogP) is 5.04. The maximum atomic E-state index is 13.3. The van der Waals surface area contributed by atoms with Crippen LogP contribution in [0.2, 0.25) is 10.0 Å². The number of halogens is 4. The van der Waals surface area contributed by atoms with Crippen LogP contribution in [0.3, 0.4) is 0 Å². The molecule has 0 aliphatic heterocycles. The lowest BCUT2D eigenvalue weighted by Gasteiger charge is -2.12. The minimum absolute atomic E-state index is 0.121. The molecule has 110 valence electrons. The van der Waals surface area contributed by atoms with Crippen molar-refractivity contribution in [1.29, 1.82) is 0 Å². The summed E-state index contributed by atoms with van der Waals surface area (Å²) in [4.78, 5) is 12.3. The van der Waals surface area contributed by atoms with E-state index in [2.05, 4.69) is 21.2 Å². The van der Waals surface area contributed by atoms with Gasteiger partial charge in [-0.1, -0.05) is 29.3 Å². The number of anilines is 2. The van der Waals surface area contributed by atoms with Gasteiger partial charge in [0.1, 0.15) is 5.82 Å². The Kier molecular flexibility index (Phi) is 4.76. The van der Waals surface area contributed by atoms with E-state index in [1.54, 1.807) is 19.1 Å². The molecule has 0 saturated carbocycles. The summed E-state index contributed by atoms with van der Waals surface area (Å²) in [5.74, 6) is -1.10. The van der Waals surface area contributed by atoms with Crippen molar-refractivity contribution in [3.63, 3.8) is 0 Å². The van der Waals surface area contributed by atoms with Gasteiger partial charge in [-0.2, -0.15) is 0 Å². The van der Waals surface area contributed by atoms with Crippen molar-refractivity contribution in [3.8, 4) is 0 Å². The number of aryl methyl sites for hydroxylation is 1. The van der Waals surface area contributed by atoms with Gasteiger partial charge in [0.05, 0.1) is 27.0 Å². The van der Waals surface area contributed by atoms with E-state index in [4.69, 9.17) is 28.9 Å². The quantitative estimate of drug-likeness (QED) is 0.704. The minimum atomic E-state index is -0.606. The molecule has 0 unspecified atom stereocenters. The number of hydrogen-bond donors (Lipinski definition) is 2. The monoisotopic (exact) mass is 390 g/mol. The van der Waals surface area contributed by atoms with E-state index in [0.717, 1.165) is 11.6 Å². The molecule has 1 amide bonds. The molecule has 0 saturated heterocycles. The molecule has 21 heavy (non-hydrogen) atoms. The largest absolute Gasteiger partial charge is 0.396 e. The summed E-state index contributed by atoms with van der Waals surface area (Å²) in [7, 11) is 0. The van der Waals surface area contributed by atoms with E-state index in [-0.39, 0.29) is 15.7 Å². The number of nitrogens with one attached hydrogen (secondary N) is 1. The molecule has 2 rings (SSSR count). The molecule has 0 bridgehead atoms. The van der Waals surface area contributed by atoms with Crippen molar-refractivity contribution in [1.82, 2.24) is 0 Å². The van der Waals surface area contributed by atoms with Crippen LogP contribution in [0.25, 0.3) is 0 Å². The third-order valence-corrected chi connectivity index (χ3v) is 4.31. The van der Waals surface area contributed by atoms with Gasteiger partial charge in [0.2, 0.25) is 0 Å². The lowest BCUT2D eigenvalue weighted by molar-refractivity contribution is 0.102. The highest BCUT2D eigenvalue weighted by Crippen LogP contribution is 2.34. The number of carbonyl (C=O) groups excluding carboxylic acids is 1. The Bertz CT molecular complexity index is 737. The first-order valence-electron chi connectivity index (χ1n) is 5.81. The summed E-state index contributed by atoms with van der Waals surface area (Å²) in [6.07, 6.45) is 0. The lowest BCUT2D eigenvalue weighted by Crippen LogP contribution is -2.14. The van der Waals surface area contributed by atoms with Crippen LogP contribution in [0, 0.1) is 12.7 Å². The van der Waals surface area contributed by atoms with E-state index < -0.39 is 11.7 Å². The molecule has 3 N–H and O–H groups in total. The fourth-order valence-electron chi connectivity index (χ4n) is 1.69. The number of rotatable bonds is 2. The molecule has 0 spiro atoms. The molecule has 3 nitrogen and oxygen atoms in total. The molecule has 0 heterocycles. The van der Waals surface area contributed by atoms with E-state index in [9.17, 15) is 9.18 Å².